The van der Waals surface area contributed by atoms with Crippen LogP contribution < -0.4 is 5.73 Å². The molecule has 4 heteroatoms. The Morgan fingerprint density at radius 3 is 2.26 bits per heavy atom. The van der Waals surface area contributed by atoms with E-state index in [4.69, 9.17) is 15.2 Å². The highest BCUT2D eigenvalue weighted by Crippen LogP contribution is 2.20. The van der Waals surface area contributed by atoms with Crippen LogP contribution in [0.5, 0.6) is 0 Å². The Kier molecular flexibility index (Phi) is 6.99. The Morgan fingerprint density at radius 1 is 1.11 bits per heavy atom. The van der Waals surface area contributed by atoms with E-state index in [-0.39, 0.29) is 18.0 Å². The van der Waals surface area contributed by atoms with Crippen LogP contribution in [0.1, 0.15) is 32.4 Å². The lowest BCUT2D eigenvalue weighted by atomic mass is 10.0. The van der Waals surface area contributed by atoms with E-state index >= 15 is 0 Å². The number of ether oxygens (including phenoxy) is 2. The largest absolute Gasteiger partial charge is 0.379 e. The molecule has 0 radical (unpaired) electrons. The highest BCUT2D eigenvalue weighted by molar-refractivity contribution is 5.19. The van der Waals surface area contributed by atoms with Gasteiger partial charge in [0, 0.05) is 12.6 Å². The second-order valence-electron chi connectivity index (χ2n) is 5.17. The summed E-state index contributed by atoms with van der Waals surface area (Å²) in [5, 5.41) is 0. The third-order valence-corrected chi connectivity index (χ3v) is 2.65. The van der Waals surface area contributed by atoms with Gasteiger partial charge >= 0.3 is 0 Å². The molecule has 1 aromatic rings. The molecule has 2 N–H and O–H groups in total. The normalized spacial score (nSPS) is 14.6. The van der Waals surface area contributed by atoms with Gasteiger partial charge in [0.2, 0.25) is 0 Å². The number of rotatable bonds is 8. The molecule has 0 amide bonds. The summed E-state index contributed by atoms with van der Waals surface area (Å²) in [4.78, 5) is 0. The zero-order valence-corrected chi connectivity index (χ0v) is 11.9. The van der Waals surface area contributed by atoms with E-state index in [1.54, 1.807) is 12.1 Å². The van der Waals surface area contributed by atoms with Crippen molar-refractivity contribution in [2.75, 3.05) is 19.8 Å². The van der Waals surface area contributed by atoms with E-state index < -0.39 is 0 Å². The van der Waals surface area contributed by atoms with Crippen molar-refractivity contribution in [1.29, 1.82) is 0 Å². The fourth-order valence-corrected chi connectivity index (χ4v) is 1.76. The van der Waals surface area contributed by atoms with Crippen LogP contribution in [0, 0.1) is 11.7 Å². The highest BCUT2D eigenvalue weighted by Gasteiger charge is 2.16. The zero-order valence-electron chi connectivity index (χ0n) is 11.9. The molecule has 0 saturated carbocycles. The van der Waals surface area contributed by atoms with Crippen LogP contribution in [0.25, 0.3) is 0 Å². The Hall–Kier alpha value is -0.970. The lowest BCUT2D eigenvalue weighted by molar-refractivity contribution is -0.00960. The number of nitrogens with two attached hydrogens (primary N) is 1. The van der Waals surface area contributed by atoms with E-state index in [2.05, 4.69) is 13.8 Å². The van der Waals surface area contributed by atoms with E-state index in [0.29, 0.717) is 19.1 Å². The summed E-state index contributed by atoms with van der Waals surface area (Å²) < 4.78 is 24.1. The third-order valence-electron chi connectivity index (χ3n) is 2.65. The maximum Gasteiger partial charge on any atom is 0.123 e. The summed E-state index contributed by atoms with van der Waals surface area (Å²) in [5.74, 6) is 0.258. The summed E-state index contributed by atoms with van der Waals surface area (Å²) in [6.07, 6.45) is -0.233. The fourth-order valence-electron chi connectivity index (χ4n) is 1.76. The van der Waals surface area contributed by atoms with Gasteiger partial charge in [-0.1, -0.05) is 26.0 Å². The standard InChI is InChI=1S/C15H24FNO2/c1-11(2)10-18-8-9-19-15(12(3)17)13-4-6-14(16)7-5-13/h4-7,11-12,15H,8-10,17H2,1-3H3. The summed E-state index contributed by atoms with van der Waals surface area (Å²) >= 11 is 0. The first-order valence-corrected chi connectivity index (χ1v) is 6.71. The van der Waals surface area contributed by atoms with Crippen molar-refractivity contribution in [1.82, 2.24) is 0 Å². The Bertz CT molecular complexity index is 352. The highest BCUT2D eigenvalue weighted by atomic mass is 19.1. The minimum Gasteiger partial charge on any atom is -0.379 e. The van der Waals surface area contributed by atoms with E-state index in [9.17, 15) is 4.39 Å². The van der Waals surface area contributed by atoms with Crippen LogP contribution in [0.3, 0.4) is 0 Å². The molecule has 108 valence electrons. The van der Waals surface area contributed by atoms with E-state index in [1.807, 2.05) is 6.92 Å². The zero-order chi connectivity index (χ0) is 14.3. The van der Waals surface area contributed by atoms with Crippen molar-refractivity contribution in [3.8, 4) is 0 Å². The Balaban J connectivity index is 2.43. The maximum atomic E-state index is 12.9. The first-order chi connectivity index (χ1) is 9.00. The van der Waals surface area contributed by atoms with Crippen molar-refractivity contribution in [2.45, 2.75) is 32.9 Å². The van der Waals surface area contributed by atoms with Gasteiger partial charge in [0.1, 0.15) is 5.82 Å². The lowest BCUT2D eigenvalue weighted by Crippen LogP contribution is -2.28. The smallest absolute Gasteiger partial charge is 0.123 e. The predicted molar refractivity (Wildman–Crippen MR) is 74.4 cm³/mol. The van der Waals surface area contributed by atoms with Crippen LogP contribution >= 0.6 is 0 Å². The number of halogens is 1. The van der Waals surface area contributed by atoms with Crippen molar-refractivity contribution < 1.29 is 13.9 Å². The molecule has 0 heterocycles. The average Bonchev–Trinajstić information content (AvgIpc) is 2.34. The quantitative estimate of drug-likeness (QED) is 0.738. The molecule has 0 bridgehead atoms. The van der Waals surface area contributed by atoms with Crippen LogP contribution in [-0.4, -0.2) is 25.9 Å². The molecule has 0 aliphatic rings. The van der Waals surface area contributed by atoms with Crippen molar-refractivity contribution in [2.24, 2.45) is 11.7 Å². The molecule has 0 fully saturated rings. The summed E-state index contributed by atoms with van der Waals surface area (Å²) in [6, 6.07) is 6.10. The van der Waals surface area contributed by atoms with Crippen LogP contribution in [0.15, 0.2) is 24.3 Å². The molecule has 0 aliphatic heterocycles. The Morgan fingerprint density at radius 2 is 1.74 bits per heavy atom. The third kappa shape index (κ3) is 6.14. The van der Waals surface area contributed by atoms with Gasteiger partial charge in [-0.2, -0.15) is 0 Å². The fraction of sp³-hybridized carbons (Fsp3) is 0.600. The van der Waals surface area contributed by atoms with E-state index in [0.717, 1.165) is 12.2 Å². The molecule has 2 unspecified atom stereocenters. The number of hydrogen-bond donors (Lipinski definition) is 1. The molecule has 19 heavy (non-hydrogen) atoms. The van der Waals surface area contributed by atoms with Crippen molar-refractivity contribution in [3.05, 3.63) is 35.6 Å². The van der Waals surface area contributed by atoms with Crippen LogP contribution in [0.2, 0.25) is 0 Å². The Labute approximate surface area is 114 Å². The SMILES string of the molecule is CC(C)COCCOC(c1ccc(F)cc1)C(C)N. The first kappa shape index (κ1) is 16.1. The van der Waals surface area contributed by atoms with E-state index in [1.165, 1.54) is 12.1 Å². The predicted octanol–water partition coefficient (Wildman–Crippen LogP) is 2.90. The monoisotopic (exact) mass is 269 g/mol. The molecule has 3 nitrogen and oxygen atoms in total. The van der Waals surface area contributed by atoms with Gasteiger partial charge in [-0.3, -0.25) is 0 Å². The summed E-state index contributed by atoms with van der Waals surface area (Å²) in [6.45, 7) is 7.83. The molecular formula is C15H24FNO2. The van der Waals surface area contributed by atoms with Gasteiger partial charge in [0.25, 0.3) is 0 Å². The average molecular weight is 269 g/mol. The number of benzene rings is 1. The topological polar surface area (TPSA) is 44.5 Å². The van der Waals surface area contributed by atoms with Gasteiger partial charge in [-0.05, 0) is 30.5 Å². The number of hydrogen-bond acceptors (Lipinski definition) is 3. The van der Waals surface area contributed by atoms with Gasteiger partial charge in [0.05, 0.1) is 19.3 Å². The van der Waals surface area contributed by atoms with Crippen molar-refractivity contribution >= 4 is 0 Å². The minimum atomic E-state index is -0.257. The minimum absolute atomic E-state index is 0.157. The van der Waals surface area contributed by atoms with Gasteiger partial charge in [0.15, 0.2) is 0 Å². The molecular weight excluding hydrogens is 245 g/mol. The van der Waals surface area contributed by atoms with Crippen LogP contribution in [-0.2, 0) is 9.47 Å². The molecule has 0 aromatic heterocycles. The van der Waals surface area contributed by atoms with Crippen LogP contribution in [0.4, 0.5) is 4.39 Å². The molecule has 0 spiro atoms. The molecule has 1 aromatic carbocycles. The second kappa shape index (κ2) is 8.25. The molecule has 0 aliphatic carbocycles. The lowest BCUT2D eigenvalue weighted by Gasteiger charge is -2.22. The van der Waals surface area contributed by atoms with Gasteiger partial charge < -0.3 is 15.2 Å². The second-order valence-corrected chi connectivity index (χ2v) is 5.17. The van der Waals surface area contributed by atoms with Gasteiger partial charge in [-0.25, -0.2) is 4.39 Å². The summed E-state index contributed by atoms with van der Waals surface area (Å²) in [7, 11) is 0. The summed E-state index contributed by atoms with van der Waals surface area (Å²) in [5.41, 5.74) is 6.80. The van der Waals surface area contributed by atoms with Gasteiger partial charge in [-0.15, -0.1) is 0 Å². The molecule has 2 atom stereocenters. The molecule has 1 rings (SSSR count). The first-order valence-electron chi connectivity index (χ1n) is 6.71. The maximum absolute atomic E-state index is 12.9. The molecule has 0 saturated heterocycles. The van der Waals surface area contributed by atoms with Crippen molar-refractivity contribution in [3.63, 3.8) is 0 Å².